The Morgan fingerprint density at radius 1 is 1.09 bits per heavy atom. The van der Waals surface area contributed by atoms with Crippen LogP contribution in [0.1, 0.15) is 15.4 Å². The fourth-order valence-corrected chi connectivity index (χ4v) is 2.47. The van der Waals surface area contributed by atoms with Crippen LogP contribution in [-0.2, 0) is 6.54 Å². The molecule has 5 nitrogen and oxygen atoms in total. The van der Waals surface area contributed by atoms with E-state index in [4.69, 9.17) is 0 Å². The predicted octanol–water partition coefficient (Wildman–Crippen LogP) is 3.40. The zero-order chi connectivity index (χ0) is 15.2. The lowest BCUT2D eigenvalue weighted by Gasteiger charge is -2.07. The number of nitrogens with one attached hydrogen (secondary N) is 2. The maximum atomic E-state index is 11.9. The molecule has 110 valence electrons. The van der Waals surface area contributed by atoms with Crippen LogP contribution in [-0.4, -0.2) is 15.9 Å². The van der Waals surface area contributed by atoms with Crippen LogP contribution in [0, 0.1) is 0 Å². The number of carbonyl (C=O) groups excluding carboxylic acids is 1. The Morgan fingerprint density at radius 2 is 2.05 bits per heavy atom. The number of hydrogen-bond acceptors (Lipinski definition) is 5. The highest BCUT2D eigenvalue weighted by molar-refractivity contribution is 7.12. The minimum atomic E-state index is -0.142. The van der Waals surface area contributed by atoms with Crippen LogP contribution in [0.2, 0.25) is 0 Å². The van der Waals surface area contributed by atoms with Crippen molar-refractivity contribution in [1.29, 1.82) is 0 Å². The third-order valence-corrected chi connectivity index (χ3v) is 3.82. The summed E-state index contributed by atoms with van der Waals surface area (Å²) in [5, 5.41) is 7.87. The number of amides is 1. The average Bonchev–Trinajstić information content (AvgIpc) is 3.10. The fourth-order valence-electron chi connectivity index (χ4n) is 1.85. The molecule has 0 bridgehead atoms. The van der Waals surface area contributed by atoms with E-state index in [1.54, 1.807) is 24.5 Å². The van der Waals surface area contributed by atoms with Crippen LogP contribution in [0.3, 0.4) is 0 Å². The van der Waals surface area contributed by atoms with E-state index in [0.29, 0.717) is 17.2 Å². The Labute approximate surface area is 132 Å². The van der Waals surface area contributed by atoms with E-state index >= 15 is 0 Å². The van der Waals surface area contributed by atoms with E-state index in [1.165, 1.54) is 11.3 Å². The largest absolute Gasteiger partial charge is 0.378 e. The first-order valence-corrected chi connectivity index (χ1v) is 7.64. The molecule has 3 rings (SSSR count). The number of pyridine rings is 2. The van der Waals surface area contributed by atoms with Gasteiger partial charge in [0.15, 0.2) is 0 Å². The highest BCUT2D eigenvalue weighted by Gasteiger charge is 2.07. The van der Waals surface area contributed by atoms with Crippen molar-refractivity contribution in [2.24, 2.45) is 0 Å². The van der Waals surface area contributed by atoms with Crippen molar-refractivity contribution in [3.05, 3.63) is 70.8 Å². The molecule has 6 heteroatoms. The number of carbonyl (C=O) groups is 1. The minimum absolute atomic E-state index is 0.142. The van der Waals surface area contributed by atoms with Crippen molar-refractivity contribution < 1.29 is 4.79 Å². The second-order valence-corrected chi connectivity index (χ2v) is 5.49. The normalized spacial score (nSPS) is 10.2. The molecule has 0 aliphatic carbocycles. The molecule has 0 radical (unpaired) electrons. The number of nitrogens with zero attached hydrogens (tertiary/aromatic N) is 2. The number of anilines is 2. The van der Waals surface area contributed by atoms with Crippen LogP contribution >= 0.6 is 11.3 Å². The van der Waals surface area contributed by atoms with E-state index in [9.17, 15) is 4.79 Å². The van der Waals surface area contributed by atoms with Gasteiger partial charge < -0.3 is 10.6 Å². The molecular weight excluding hydrogens is 296 g/mol. The quantitative estimate of drug-likeness (QED) is 0.758. The minimum Gasteiger partial charge on any atom is -0.378 e. The lowest BCUT2D eigenvalue weighted by molar-refractivity contribution is 0.103. The highest BCUT2D eigenvalue weighted by atomic mass is 32.1. The SMILES string of the molecule is O=C(Nc1ccc(NCc2ccccn2)cn1)c1cccs1. The Bertz CT molecular complexity index is 727. The summed E-state index contributed by atoms with van der Waals surface area (Å²) in [6.07, 6.45) is 3.45. The number of aromatic nitrogens is 2. The molecule has 3 aromatic rings. The third-order valence-electron chi connectivity index (χ3n) is 2.95. The molecule has 1 amide bonds. The molecule has 3 aromatic heterocycles. The fraction of sp³-hybridized carbons (Fsp3) is 0.0625. The molecule has 2 N–H and O–H groups in total. The average molecular weight is 310 g/mol. The second-order valence-electron chi connectivity index (χ2n) is 4.54. The van der Waals surface area contributed by atoms with Gasteiger partial charge in [0.1, 0.15) is 5.82 Å². The number of thiophene rings is 1. The molecule has 22 heavy (non-hydrogen) atoms. The van der Waals surface area contributed by atoms with Crippen LogP contribution < -0.4 is 10.6 Å². The summed E-state index contributed by atoms with van der Waals surface area (Å²) in [7, 11) is 0. The molecule has 0 aromatic carbocycles. The van der Waals surface area contributed by atoms with E-state index in [-0.39, 0.29) is 5.91 Å². The van der Waals surface area contributed by atoms with Gasteiger partial charge in [-0.1, -0.05) is 12.1 Å². The first kappa shape index (κ1) is 14.2. The van der Waals surface area contributed by atoms with Gasteiger partial charge in [-0.05, 0) is 35.7 Å². The van der Waals surface area contributed by atoms with Crippen LogP contribution in [0.15, 0.2) is 60.2 Å². The first-order chi connectivity index (χ1) is 10.8. The van der Waals surface area contributed by atoms with E-state index in [0.717, 1.165) is 11.4 Å². The summed E-state index contributed by atoms with van der Waals surface area (Å²) in [6, 6.07) is 13.1. The van der Waals surface area contributed by atoms with Crippen molar-refractivity contribution in [3.8, 4) is 0 Å². The Hall–Kier alpha value is -2.73. The van der Waals surface area contributed by atoms with Crippen LogP contribution in [0.25, 0.3) is 0 Å². The molecule has 0 unspecified atom stereocenters. The van der Waals surface area contributed by atoms with Crippen molar-refractivity contribution >= 4 is 28.7 Å². The van der Waals surface area contributed by atoms with Gasteiger partial charge in [-0.25, -0.2) is 4.98 Å². The molecule has 0 atom stereocenters. The highest BCUT2D eigenvalue weighted by Crippen LogP contribution is 2.14. The third kappa shape index (κ3) is 3.67. The number of hydrogen-bond donors (Lipinski definition) is 2. The maximum Gasteiger partial charge on any atom is 0.266 e. The molecule has 0 saturated carbocycles. The van der Waals surface area contributed by atoms with Crippen molar-refractivity contribution in [1.82, 2.24) is 9.97 Å². The van der Waals surface area contributed by atoms with E-state index < -0.39 is 0 Å². The first-order valence-electron chi connectivity index (χ1n) is 6.76. The summed E-state index contributed by atoms with van der Waals surface area (Å²) < 4.78 is 0. The lowest BCUT2D eigenvalue weighted by atomic mass is 10.3. The van der Waals surface area contributed by atoms with Gasteiger partial charge in [-0.3, -0.25) is 9.78 Å². The van der Waals surface area contributed by atoms with Gasteiger partial charge >= 0.3 is 0 Å². The molecule has 0 aliphatic rings. The summed E-state index contributed by atoms with van der Waals surface area (Å²) >= 11 is 1.40. The Balaban J connectivity index is 1.57. The van der Waals surface area contributed by atoms with Crippen molar-refractivity contribution in [2.45, 2.75) is 6.54 Å². The summed E-state index contributed by atoms with van der Waals surface area (Å²) in [5.74, 6) is 0.387. The second kappa shape index (κ2) is 6.82. The molecular formula is C16H14N4OS. The predicted molar refractivity (Wildman–Crippen MR) is 88.1 cm³/mol. The van der Waals surface area contributed by atoms with Crippen molar-refractivity contribution in [3.63, 3.8) is 0 Å². The summed E-state index contributed by atoms with van der Waals surface area (Å²) in [4.78, 5) is 21.0. The molecule has 0 fully saturated rings. The topological polar surface area (TPSA) is 66.9 Å². The van der Waals surface area contributed by atoms with Gasteiger partial charge in [0.25, 0.3) is 5.91 Å². The number of rotatable bonds is 5. The molecule has 0 spiro atoms. The zero-order valence-electron chi connectivity index (χ0n) is 11.7. The summed E-state index contributed by atoms with van der Waals surface area (Å²) in [6.45, 7) is 0.628. The van der Waals surface area contributed by atoms with Gasteiger partial charge in [-0.15, -0.1) is 11.3 Å². The summed E-state index contributed by atoms with van der Waals surface area (Å²) in [5.41, 5.74) is 1.83. The Kier molecular flexibility index (Phi) is 4.41. The van der Waals surface area contributed by atoms with Gasteiger partial charge in [0, 0.05) is 6.20 Å². The lowest BCUT2D eigenvalue weighted by Crippen LogP contribution is -2.11. The monoisotopic (exact) mass is 310 g/mol. The molecule has 0 saturated heterocycles. The van der Waals surface area contributed by atoms with Gasteiger partial charge in [0.2, 0.25) is 0 Å². The smallest absolute Gasteiger partial charge is 0.266 e. The van der Waals surface area contributed by atoms with Gasteiger partial charge in [-0.2, -0.15) is 0 Å². The maximum absolute atomic E-state index is 11.9. The van der Waals surface area contributed by atoms with Crippen molar-refractivity contribution in [2.75, 3.05) is 10.6 Å². The van der Waals surface area contributed by atoms with Crippen LogP contribution in [0.4, 0.5) is 11.5 Å². The van der Waals surface area contributed by atoms with Crippen LogP contribution in [0.5, 0.6) is 0 Å². The Morgan fingerprint density at radius 3 is 2.73 bits per heavy atom. The van der Waals surface area contributed by atoms with E-state index in [2.05, 4.69) is 20.6 Å². The standard InChI is InChI=1S/C16H14N4OS/c21-16(14-5-3-9-22-14)20-15-7-6-13(11-19-15)18-10-12-4-1-2-8-17-12/h1-9,11,18H,10H2,(H,19,20,21). The zero-order valence-corrected chi connectivity index (χ0v) is 12.5. The van der Waals surface area contributed by atoms with Gasteiger partial charge in [0.05, 0.1) is 29.0 Å². The molecule has 0 aliphatic heterocycles. The van der Waals surface area contributed by atoms with E-state index in [1.807, 2.05) is 35.7 Å². The molecule has 3 heterocycles.